The Labute approximate surface area is 103 Å². The largest absolute Gasteiger partial charge is 0.286 e. The summed E-state index contributed by atoms with van der Waals surface area (Å²) in [5.74, 6) is 0. The molecule has 2 nitrogen and oxygen atoms in total. The average Bonchev–Trinajstić information content (AvgIpc) is 2.30. The van der Waals surface area contributed by atoms with Gasteiger partial charge in [0, 0.05) is 11.5 Å². The molecule has 0 fully saturated rings. The van der Waals surface area contributed by atoms with Gasteiger partial charge in [0.25, 0.3) is 6.33 Å². The summed E-state index contributed by atoms with van der Waals surface area (Å²) in [5.41, 5.74) is 2.54. The Bertz CT molecular complexity index is 467. The van der Waals surface area contributed by atoms with Crippen LogP contribution in [-0.4, -0.2) is 4.98 Å². The Hall–Kier alpha value is -1.70. The first-order chi connectivity index (χ1) is 8.05. The van der Waals surface area contributed by atoms with Crippen LogP contribution in [-0.2, 0) is 12.0 Å². The van der Waals surface area contributed by atoms with Crippen molar-refractivity contribution < 1.29 is 4.57 Å². The molecule has 1 aromatic heterocycles. The quantitative estimate of drug-likeness (QED) is 0.721. The molecule has 1 heterocycles. The number of nitrogens with zero attached hydrogens (tertiary/aromatic N) is 2. The van der Waals surface area contributed by atoms with Crippen LogP contribution in [0.2, 0.25) is 0 Å². The molecule has 1 aromatic carbocycles. The zero-order valence-electron chi connectivity index (χ0n) is 10.7. The van der Waals surface area contributed by atoms with Gasteiger partial charge in [0.05, 0.1) is 6.20 Å². The van der Waals surface area contributed by atoms with E-state index in [1.165, 1.54) is 5.56 Å². The van der Waals surface area contributed by atoms with Crippen LogP contribution in [0.15, 0.2) is 48.9 Å². The molecule has 17 heavy (non-hydrogen) atoms. The standard InChI is InChI=1S/C15H19N2/c1-15(2,3)14-9-10-17(12-16-14)11-13-7-5-4-6-8-13/h4-10,12H,11H2,1-3H3/q+1. The molecule has 0 N–H and O–H groups in total. The second-order valence-corrected chi connectivity index (χ2v) is 5.35. The topological polar surface area (TPSA) is 16.8 Å². The van der Waals surface area contributed by atoms with Crippen LogP contribution < -0.4 is 4.57 Å². The Morgan fingerprint density at radius 2 is 1.76 bits per heavy atom. The maximum absolute atomic E-state index is 4.51. The van der Waals surface area contributed by atoms with Gasteiger partial charge in [-0.3, -0.25) is 0 Å². The van der Waals surface area contributed by atoms with E-state index in [1.54, 1.807) is 0 Å². The molecular weight excluding hydrogens is 208 g/mol. The Kier molecular flexibility index (Phi) is 3.23. The summed E-state index contributed by atoms with van der Waals surface area (Å²) < 4.78 is 2.10. The summed E-state index contributed by atoms with van der Waals surface area (Å²) in [6.45, 7) is 7.41. The van der Waals surface area contributed by atoms with Crippen molar-refractivity contribution in [2.75, 3.05) is 0 Å². The van der Waals surface area contributed by atoms with Crippen molar-refractivity contribution in [1.82, 2.24) is 4.98 Å². The van der Waals surface area contributed by atoms with Gasteiger partial charge in [-0.1, -0.05) is 56.1 Å². The van der Waals surface area contributed by atoms with E-state index in [0.29, 0.717) is 0 Å². The lowest BCUT2D eigenvalue weighted by atomic mass is 9.92. The van der Waals surface area contributed by atoms with E-state index < -0.39 is 0 Å². The average molecular weight is 227 g/mol. The van der Waals surface area contributed by atoms with Crippen LogP contribution >= 0.6 is 0 Å². The van der Waals surface area contributed by atoms with Gasteiger partial charge >= 0.3 is 0 Å². The Morgan fingerprint density at radius 3 is 2.29 bits per heavy atom. The number of rotatable bonds is 2. The van der Waals surface area contributed by atoms with Crippen molar-refractivity contribution in [3.05, 3.63) is 60.2 Å². The molecule has 0 radical (unpaired) electrons. The third-order valence-electron chi connectivity index (χ3n) is 2.75. The van der Waals surface area contributed by atoms with Crippen LogP contribution in [0.4, 0.5) is 0 Å². The lowest BCUT2D eigenvalue weighted by Crippen LogP contribution is -2.35. The summed E-state index contributed by atoms with van der Waals surface area (Å²) in [6.07, 6.45) is 4.01. The molecular formula is C15H19N2+. The molecule has 2 rings (SSSR count). The molecule has 0 aliphatic carbocycles. The van der Waals surface area contributed by atoms with Crippen LogP contribution in [0.25, 0.3) is 0 Å². The maximum atomic E-state index is 4.51. The fourth-order valence-electron chi connectivity index (χ4n) is 1.72. The molecule has 0 spiro atoms. The number of aromatic nitrogens is 2. The molecule has 88 valence electrons. The van der Waals surface area contributed by atoms with Crippen LogP contribution in [0.1, 0.15) is 32.0 Å². The van der Waals surface area contributed by atoms with E-state index >= 15 is 0 Å². The molecule has 0 amide bonds. The molecule has 0 bridgehead atoms. The van der Waals surface area contributed by atoms with E-state index in [2.05, 4.69) is 66.9 Å². The molecule has 0 saturated heterocycles. The lowest BCUT2D eigenvalue weighted by Gasteiger charge is -2.12. The van der Waals surface area contributed by atoms with Crippen molar-refractivity contribution in [2.24, 2.45) is 0 Å². The van der Waals surface area contributed by atoms with E-state index in [0.717, 1.165) is 12.2 Å². The second-order valence-electron chi connectivity index (χ2n) is 5.35. The first-order valence-corrected chi connectivity index (χ1v) is 5.95. The van der Waals surface area contributed by atoms with Gasteiger partial charge in [-0.05, 0) is 5.56 Å². The summed E-state index contributed by atoms with van der Waals surface area (Å²) in [7, 11) is 0. The summed E-state index contributed by atoms with van der Waals surface area (Å²) >= 11 is 0. The molecule has 0 aliphatic heterocycles. The highest BCUT2D eigenvalue weighted by atomic mass is 15.0. The predicted octanol–water partition coefficient (Wildman–Crippen LogP) is 2.71. The monoisotopic (exact) mass is 227 g/mol. The van der Waals surface area contributed by atoms with Gasteiger partial charge in [-0.2, -0.15) is 0 Å². The smallest absolute Gasteiger partial charge is 0.233 e. The second kappa shape index (κ2) is 4.66. The minimum atomic E-state index is 0.117. The first-order valence-electron chi connectivity index (χ1n) is 5.95. The van der Waals surface area contributed by atoms with Gasteiger partial charge in [0.15, 0.2) is 5.69 Å². The van der Waals surface area contributed by atoms with E-state index in [4.69, 9.17) is 0 Å². The lowest BCUT2D eigenvalue weighted by molar-refractivity contribution is -0.691. The minimum Gasteiger partial charge on any atom is -0.233 e. The molecule has 2 aromatic rings. The van der Waals surface area contributed by atoms with Crippen LogP contribution in [0, 0.1) is 0 Å². The summed E-state index contributed by atoms with van der Waals surface area (Å²) in [4.78, 5) is 4.51. The fourth-order valence-corrected chi connectivity index (χ4v) is 1.72. The Morgan fingerprint density at radius 1 is 1.06 bits per heavy atom. The predicted molar refractivity (Wildman–Crippen MR) is 68.7 cm³/mol. The maximum Gasteiger partial charge on any atom is 0.286 e. The SMILES string of the molecule is CC(C)(C)c1cc[n+](Cc2ccccc2)cn1. The molecule has 0 unspecified atom stereocenters. The van der Waals surface area contributed by atoms with E-state index in [1.807, 2.05) is 12.4 Å². The molecule has 0 atom stereocenters. The number of hydrogen-bond donors (Lipinski definition) is 0. The van der Waals surface area contributed by atoms with Crippen molar-refractivity contribution in [3.8, 4) is 0 Å². The normalized spacial score (nSPS) is 11.5. The highest BCUT2D eigenvalue weighted by Crippen LogP contribution is 2.17. The van der Waals surface area contributed by atoms with Crippen LogP contribution in [0.5, 0.6) is 0 Å². The zero-order chi connectivity index (χ0) is 12.3. The van der Waals surface area contributed by atoms with Crippen LogP contribution in [0.3, 0.4) is 0 Å². The van der Waals surface area contributed by atoms with Gasteiger partial charge in [0.2, 0.25) is 0 Å². The van der Waals surface area contributed by atoms with Crippen molar-refractivity contribution in [3.63, 3.8) is 0 Å². The fraction of sp³-hybridized carbons (Fsp3) is 0.333. The van der Waals surface area contributed by atoms with Crippen molar-refractivity contribution in [2.45, 2.75) is 32.7 Å². The third-order valence-corrected chi connectivity index (χ3v) is 2.75. The van der Waals surface area contributed by atoms with Gasteiger partial charge in [-0.15, -0.1) is 0 Å². The number of hydrogen-bond acceptors (Lipinski definition) is 1. The highest BCUT2D eigenvalue weighted by molar-refractivity contribution is 5.13. The number of benzene rings is 1. The summed E-state index contributed by atoms with van der Waals surface area (Å²) in [6, 6.07) is 12.5. The zero-order valence-corrected chi connectivity index (χ0v) is 10.7. The first kappa shape index (κ1) is 11.8. The van der Waals surface area contributed by atoms with Crippen molar-refractivity contribution >= 4 is 0 Å². The van der Waals surface area contributed by atoms with Gasteiger partial charge in [-0.25, -0.2) is 4.57 Å². The van der Waals surface area contributed by atoms with E-state index in [9.17, 15) is 0 Å². The molecule has 0 aliphatic rings. The van der Waals surface area contributed by atoms with Gasteiger partial charge < -0.3 is 0 Å². The molecule has 2 heteroatoms. The Balaban J connectivity index is 2.14. The molecule has 0 saturated carbocycles. The van der Waals surface area contributed by atoms with E-state index in [-0.39, 0.29) is 5.41 Å². The summed E-state index contributed by atoms with van der Waals surface area (Å²) in [5, 5.41) is 0. The highest BCUT2D eigenvalue weighted by Gasteiger charge is 2.19. The van der Waals surface area contributed by atoms with Gasteiger partial charge in [0.1, 0.15) is 6.54 Å². The minimum absolute atomic E-state index is 0.117. The van der Waals surface area contributed by atoms with Crippen molar-refractivity contribution in [1.29, 1.82) is 0 Å². The third kappa shape index (κ3) is 3.13.